The van der Waals surface area contributed by atoms with E-state index in [-0.39, 0.29) is 23.4 Å². The molecule has 0 bridgehead atoms. The molecule has 8 nitrogen and oxygen atoms in total. The molecule has 1 saturated carbocycles. The van der Waals surface area contributed by atoms with Crippen molar-refractivity contribution >= 4 is 39.1 Å². The van der Waals surface area contributed by atoms with Crippen LogP contribution < -0.4 is 14.4 Å². The van der Waals surface area contributed by atoms with Crippen LogP contribution in [0, 0.1) is 6.92 Å². The second-order valence-electron chi connectivity index (χ2n) is 10.3. The Morgan fingerprint density at radius 3 is 2.29 bits per heavy atom. The molecule has 3 aromatic rings. The van der Waals surface area contributed by atoms with Gasteiger partial charge in [-0.1, -0.05) is 54.3 Å². The third-order valence-corrected chi connectivity index (χ3v) is 9.38. The van der Waals surface area contributed by atoms with Gasteiger partial charge >= 0.3 is 0 Å². The Morgan fingerprint density at radius 2 is 1.68 bits per heavy atom. The van der Waals surface area contributed by atoms with Gasteiger partial charge in [0.25, 0.3) is 10.0 Å². The van der Waals surface area contributed by atoms with Crippen LogP contribution in [0.5, 0.6) is 5.75 Å². The third kappa shape index (κ3) is 7.59. The molecule has 10 heteroatoms. The summed E-state index contributed by atoms with van der Waals surface area (Å²) in [5, 5.41) is 3.57. The molecule has 218 valence electrons. The fourth-order valence-electron chi connectivity index (χ4n) is 4.92. The number of halogens is 1. The minimum absolute atomic E-state index is 0.0557. The Kier molecular flexibility index (Phi) is 9.94. The van der Waals surface area contributed by atoms with E-state index in [1.807, 2.05) is 13.0 Å². The van der Waals surface area contributed by atoms with E-state index in [2.05, 4.69) is 5.32 Å². The number of aryl methyl sites for hydroxylation is 1. The molecule has 3 aromatic carbocycles. The number of hydrogen-bond acceptors (Lipinski definition) is 5. The van der Waals surface area contributed by atoms with Crippen molar-refractivity contribution < 1.29 is 22.7 Å². The molecule has 0 spiro atoms. The van der Waals surface area contributed by atoms with E-state index >= 15 is 0 Å². The first-order chi connectivity index (χ1) is 19.6. The van der Waals surface area contributed by atoms with Crippen LogP contribution in [0.1, 0.15) is 43.7 Å². The van der Waals surface area contributed by atoms with E-state index in [1.54, 1.807) is 61.5 Å². The third-order valence-electron chi connectivity index (χ3n) is 7.36. The van der Waals surface area contributed by atoms with Crippen LogP contribution >= 0.6 is 11.6 Å². The smallest absolute Gasteiger partial charge is 0.264 e. The Morgan fingerprint density at radius 1 is 1.02 bits per heavy atom. The van der Waals surface area contributed by atoms with Crippen LogP contribution in [0.3, 0.4) is 0 Å². The Balaban J connectivity index is 1.69. The number of methoxy groups -OCH3 is 1. The fourth-order valence-corrected chi connectivity index (χ4v) is 6.55. The number of rotatable bonds is 11. The summed E-state index contributed by atoms with van der Waals surface area (Å²) < 4.78 is 34.2. The van der Waals surface area contributed by atoms with E-state index in [1.165, 1.54) is 24.1 Å². The average Bonchev–Trinajstić information content (AvgIpc) is 3.47. The van der Waals surface area contributed by atoms with Crippen LogP contribution in [0.25, 0.3) is 0 Å². The normalized spacial score (nSPS) is 14.3. The summed E-state index contributed by atoms with van der Waals surface area (Å²) in [6.07, 6.45) is 3.91. The topological polar surface area (TPSA) is 96.0 Å². The SMILES string of the molecule is COc1ccc(N(CC(=O)N(Cc2cccc(Cl)c2)[C@H](C)C(=O)NC2CCCC2)S(=O)(=O)c2ccc(C)cc2)cc1. The number of benzene rings is 3. The lowest BCUT2D eigenvalue weighted by Crippen LogP contribution is -2.52. The molecule has 4 rings (SSSR count). The molecule has 1 fully saturated rings. The van der Waals surface area contributed by atoms with Gasteiger partial charge in [0, 0.05) is 17.6 Å². The van der Waals surface area contributed by atoms with Gasteiger partial charge in [-0.25, -0.2) is 8.42 Å². The standard InChI is InChI=1S/C31H36ClN3O5S/c1-22-11-17-29(18-12-22)41(38,39)35(27-13-15-28(40-3)16-14-27)21-30(36)34(20-24-7-6-8-25(32)19-24)23(2)31(37)33-26-9-4-5-10-26/h6-8,11-19,23,26H,4-5,9-10,20-21H2,1-3H3,(H,33,37)/t23-/m1/s1. The fraction of sp³-hybridized carbons (Fsp3) is 0.355. The quantitative estimate of drug-likeness (QED) is 0.322. The Hall–Kier alpha value is -3.56. The van der Waals surface area contributed by atoms with Crippen molar-refractivity contribution in [2.24, 2.45) is 0 Å². The molecular weight excluding hydrogens is 562 g/mol. The summed E-state index contributed by atoms with van der Waals surface area (Å²) in [5.74, 6) is -0.247. The minimum Gasteiger partial charge on any atom is -0.497 e. The molecule has 1 aliphatic rings. The molecule has 0 heterocycles. The second kappa shape index (κ2) is 13.4. The van der Waals surface area contributed by atoms with Crippen LogP contribution in [-0.4, -0.2) is 50.9 Å². The highest BCUT2D eigenvalue weighted by Gasteiger charge is 2.33. The second-order valence-corrected chi connectivity index (χ2v) is 12.6. The highest BCUT2D eigenvalue weighted by atomic mass is 35.5. The zero-order valence-electron chi connectivity index (χ0n) is 23.5. The highest BCUT2D eigenvalue weighted by molar-refractivity contribution is 7.92. The van der Waals surface area contributed by atoms with Crippen molar-refractivity contribution in [3.63, 3.8) is 0 Å². The summed E-state index contributed by atoms with van der Waals surface area (Å²) in [5.41, 5.74) is 1.93. The van der Waals surface area contributed by atoms with E-state index in [0.717, 1.165) is 41.1 Å². The van der Waals surface area contributed by atoms with Crippen LogP contribution in [0.2, 0.25) is 5.02 Å². The lowest BCUT2D eigenvalue weighted by molar-refractivity contribution is -0.139. The first-order valence-electron chi connectivity index (χ1n) is 13.7. The molecule has 0 aliphatic heterocycles. The molecule has 1 N–H and O–H groups in total. The first-order valence-corrected chi connectivity index (χ1v) is 15.5. The maximum atomic E-state index is 14.0. The highest BCUT2D eigenvalue weighted by Crippen LogP contribution is 2.27. The number of ether oxygens (including phenoxy) is 1. The maximum absolute atomic E-state index is 14.0. The van der Waals surface area contributed by atoms with Gasteiger partial charge in [-0.3, -0.25) is 13.9 Å². The van der Waals surface area contributed by atoms with Crippen molar-refractivity contribution in [1.29, 1.82) is 0 Å². The number of carbonyl (C=O) groups is 2. The van der Waals surface area contributed by atoms with Gasteiger partial charge in [-0.2, -0.15) is 0 Å². The summed E-state index contributed by atoms with van der Waals surface area (Å²) in [6.45, 7) is 3.11. The van der Waals surface area contributed by atoms with Crippen molar-refractivity contribution in [1.82, 2.24) is 10.2 Å². The molecular formula is C31H36ClN3O5S. The monoisotopic (exact) mass is 597 g/mol. The largest absolute Gasteiger partial charge is 0.497 e. The van der Waals surface area contributed by atoms with Crippen molar-refractivity contribution in [2.75, 3.05) is 18.0 Å². The average molecular weight is 598 g/mol. The van der Waals surface area contributed by atoms with Gasteiger partial charge in [0.1, 0.15) is 18.3 Å². The predicted octanol–water partition coefficient (Wildman–Crippen LogP) is 5.33. The lowest BCUT2D eigenvalue weighted by atomic mass is 10.1. The zero-order valence-corrected chi connectivity index (χ0v) is 25.1. The van der Waals surface area contributed by atoms with Gasteiger partial charge < -0.3 is 15.0 Å². The minimum atomic E-state index is -4.14. The van der Waals surface area contributed by atoms with Gasteiger partial charge in [-0.05, 0) is 80.8 Å². The summed E-state index contributed by atoms with van der Waals surface area (Å²) in [6, 6.07) is 19.2. The number of amides is 2. The number of nitrogens with one attached hydrogen (secondary N) is 1. The van der Waals surface area contributed by atoms with E-state index < -0.39 is 28.5 Å². The van der Waals surface area contributed by atoms with Gasteiger partial charge in [0.15, 0.2) is 0 Å². The van der Waals surface area contributed by atoms with Crippen LogP contribution in [0.4, 0.5) is 5.69 Å². The van der Waals surface area contributed by atoms with Crippen molar-refractivity contribution in [2.45, 2.75) is 63.1 Å². The van der Waals surface area contributed by atoms with Crippen LogP contribution in [0.15, 0.2) is 77.7 Å². The number of hydrogen-bond donors (Lipinski definition) is 1. The van der Waals surface area contributed by atoms with E-state index in [0.29, 0.717) is 16.5 Å². The molecule has 1 atom stereocenters. The number of anilines is 1. The molecule has 1 aliphatic carbocycles. The van der Waals surface area contributed by atoms with Crippen LogP contribution in [-0.2, 0) is 26.2 Å². The lowest BCUT2D eigenvalue weighted by Gasteiger charge is -2.32. The molecule has 0 saturated heterocycles. The summed E-state index contributed by atoms with van der Waals surface area (Å²) in [7, 11) is -2.62. The van der Waals surface area contributed by atoms with E-state index in [9.17, 15) is 18.0 Å². The number of sulfonamides is 1. The summed E-state index contributed by atoms with van der Waals surface area (Å²) >= 11 is 6.21. The molecule has 0 radical (unpaired) electrons. The predicted molar refractivity (Wildman–Crippen MR) is 161 cm³/mol. The van der Waals surface area contributed by atoms with Crippen molar-refractivity contribution in [3.8, 4) is 5.75 Å². The van der Waals surface area contributed by atoms with Crippen molar-refractivity contribution in [3.05, 3.63) is 88.9 Å². The molecule has 0 aromatic heterocycles. The Bertz CT molecular complexity index is 1460. The first kappa shape index (κ1) is 30.4. The molecule has 2 amide bonds. The number of nitrogens with zero attached hydrogens (tertiary/aromatic N) is 2. The maximum Gasteiger partial charge on any atom is 0.264 e. The number of carbonyl (C=O) groups excluding carboxylic acids is 2. The molecule has 41 heavy (non-hydrogen) atoms. The molecule has 0 unspecified atom stereocenters. The van der Waals surface area contributed by atoms with E-state index in [4.69, 9.17) is 16.3 Å². The van der Waals surface area contributed by atoms with Gasteiger partial charge in [0.05, 0.1) is 17.7 Å². The van der Waals surface area contributed by atoms with Gasteiger partial charge in [-0.15, -0.1) is 0 Å². The Labute approximate surface area is 247 Å². The van der Waals surface area contributed by atoms with Gasteiger partial charge in [0.2, 0.25) is 11.8 Å². The summed E-state index contributed by atoms with van der Waals surface area (Å²) in [4.78, 5) is 28.8. The zero-order chi connectivity index (χ0) is 29.6.